The summed E-state index contributed by atoms with van der Waals surface area (Å²) in [5, 5.41) is 0. The first-order chi connectivity index (χ1) is 9.91. The topological polar surface area (TPSA) is 26.3 Å². The van der Waals surface area contributed by atoms with E-state index in [1.165, 1.54) is 5.56 Å². The van der Waals surface area contributed by atoms with E-state index in [2.05, 4.69) is 45.0 Å². The maximum Gasteiger partial charge on any atom is 0.168 e. The van der Waals surface area contributed by atoms with E-state index in [1.807, 2.05) is 0 Å². The van der Waals surface area contributed by atoms with Crippen molar-refractivity contribution in [2.45, 2.75) is 64.9 Å². The fraction of sp³-hybridized carbons (Fsp3) is 0.632. The molecule has 0 aromatic heterocycles. The van der Waals surface area contributed by atoms with Gasteiger partial charge in [-0.15, -0.1) is 0 Å². The lowest BCUT2D eigenvalue weighted by Gasteiger charge is -2.41. The molecule has 1 fully saturated rings. The monoisotopic (exact) mass is 288 g/mol. The number of rotatable bonds is 5. The van der Waals surface area contributed by atoms with Crippen molar-refractivity contribution in [2.24, 2.45) is 5.41 Å². The number of methoxy groups -OCH3 is 1. The zero-order chi connectivity index (χ0) is 15.5. The number of hydrogen-bond donors (Lipinski definition) is 0. The Morgan fingerprint density at radius 1 is 1.05 bits per heavy atom. The average molecular weight is 288 g/mol. The van der Waals surface area contributed by atoms with Crippen LogP contribution in [0.2, 0.25) is 0 Å². The Morgan fingerprint density at radius 3 is 2.05 bits per heavy atom. The van der Waals surface area contributed by atoms with Gasteiger partial charge in [0.1, 0.15) is 5.60 Å². The second kappa shape index (κ2) is 6.31. The van der Waals surface area contributed by atoms with Crippen molar-refractivity contribution in [3.05, 3.63) is 35.4 Å². The molecule has 0 aliphatic heterocycles. The van der Waals surface area contributed by atoms with Crippen LogP contribution in [0.4, 0.5) is 0 Å². The van der Waals surface area contributed by atoms with Gasteiger partial charge >= 0.3 is 0 Å². The third kappa shape index (κ3) is 3.74. The van der Waals surface area contributed by atoms with E-state index in [0.29, 0.717) is 11.8 Å². The summed E-state index contributed by atoms with van der Waals surface area (Å²) in [4.78, 5) is 12.8. The van der Waals surface area contributed by atoms with Crippen molar-refractivity contribution in [3.63, 3.8) is 0 Å². The Bertz CT molecular complexity index is 475. The molecule has 2 rings (SSSR count). The van der Waals surface area contributed by atoms with Gasteiger partial charge in [-0.25, -0.2) is 0 Å². The van der Waals surface area contributed by atoms with Crippen LogP contribution >= 0.6 is 0 Å². The first-order valence-electron chi connectivity index (χ1n) is 8.07. The number of carbonyl (C=O) groups excluding carboxylic acids is 1. The van der Waals surface area contributed by atoms with Crippen molar-refractivity contribution in [1.29, 1.82) is 0 Å². The van der Waals surface area contributed by atoms with E-state index in [4.69, 9.17) is 4.74 Å². The maximum absolute atomic E-state index is 12.8. The average Bonchev–Trinajstić information content (AvgIpc) is 2.48. The van der Waals surface area contributed by atoms with Crippen LogP contribution in [0.15, 0.2) is 24.3 Å². The molecule has 0 bridgehead atoms. The fourth-order valence-electron chi connectivity index (χ4n) is 3.17. The Balaban J connectivity index is 2.06. The van der Waals surface area contributed by atoms with Crippen LogP contribution in [0.5, 0.6) is 0 Å². The molecule has 1 saturated carbocycles. The van der Waals surface area contributed by atoms with Gasteiger partial charge in [0.15, 0.2) is 5.78 Å². The van der Waals surface area contributed by atoms with Gasteiger partial charge in [0.05, 0.1) is 0 Å². The van der Waals surface area contributed by atoms with E-state index in [9.17, 15) is 4.79 Å². The van der Waals surface area contributed by atoms with Crippen molar-refractivity contribution < 1.29 is 9.53 Å². The highest BCUT2D eigenvalue weighted by atomic mass is 16.5. The number of Topliss-reactive ketones (excluding diaryl/α,β-unsaturated/α-hetero) is 1. The molecule has 0 spiro atoms. The minimum atomic E-state index is -0.557. The van der Waals surface area contributed by atoms with Gasteiger partial charge in [-0.1, -0.05) is 45.0 Å². The quantitative estimate of drug-likeness (QED) is 0.805. The Kier molecular flexibility index (Phi) is 4.88. The third-order valence-corrected chi connectivity index (χ3v) is 5.11. The number of benzene rings is 1. The Labute approximate surface area is 128 Å². The molecule has 0 saturated heterocycles. The Hall–Kier alpha value is -1.15. The Morgan fingerprint density at radius 2 is 1.57 bits per heavy atom. The number of carbonyl (C=O) groups is 1. The lowest BCUT2D eigenvalue weighted by molar-refractivity contribution is -0.147. The van der Waals surface area contributed by atoms with Crippen molar-refractivity contribution in [2.75, 3.05) is 7.11 Å². The van der Waals surface area contributed by atoms with Gasteiger partial charge in [-0.2, -0.15) is 0 Å². The number of aryl methyl sites for hydroxylation is 1. The molecule has 21 heavy (non-hydrogen) atoms. The zero-order valence-electron chi connectivity index (χ0n) is 13.9. The highest BCUT2D eigenvalue weighted by Crippen LogP contribution is 2.42. The van der Waals surface area contributed by atoms with Gasteiger partial charge < -0.3 is 4.74 Å². The fourth-order valence-corrected chi connectivity index (χ4v) is 3.17. The molecule has 1 aromatic rings. The third-order valence-electron chi connectivity index (χ3n) is 5.11. The maximum atomic E-state index is 12.8. The molecule has 0 heterocycles. The normalized spacial score (nSPS) is 20.2. The number of hydrogen-bond acceptors (Lipinski definition) is 2. The summed E-state index contributed by atoms with van der Waals surface area (Å²) >= 11 is 0. The highest BCUT2D eigenvalue weighted by Gasteiger charge is 2.43. The molecule has 2 heteroatoms. The smallest absolute Gasteiger partial charge is 0.168 e. The molecule has 116 valence electrons. The van der Waals surface area contributed by atoms with Crippen LogP contribution in [0.3, 0.4) is 0 Å². The van der Waals surface area contributed by atoms with Crippen LogP contribution in [0.1, 0.15) is 57.6 Å². The minimum absolute atomic E-state index is 0.241. The molecule has 0 radical (unpaired) electrons. The molecule has 0 unspecified atom stereocenters. The molecule has 1 aromatic carbocycles. The molecule has 1 aliphatic rings. The summed E-state index contributed by atoms with van der Waals surface area (Å²) in [5.74, 6) is 0.241. The summed E-state index contributed by atoms with van der Waals surface area (Å²) < 4.78 is 5.70. The second-order valence-corrected chi connectivity index (χ2v) is 7.13. The molecular weight excluding hydrogens is 260 g/mol. The first-order valence-corrected chi connectivity index (χ1v) is 8.07. The highest BCUT2D eigenvalue weighted by molar-refractivity contribution is 5.89. The van der Waals surface area contributed by atoms with Crippen molar-refractivity contribution in [3.8, 4) is 0 Å². The lowest BCUT2D eigenvalue weighted by Crippen LogP contribution is -2.46. The molecule has 0 N–H and O–H groups in total. The first kappa shape index (κ1) is 16.2. The SMILES string of the molecule is CCc1ccc(CC(=O)C2(OC)CCC(C)(C)CC2)cc1. The van der Waals surface area contributed by atoms with Gasteiger partial charge in [0.25, 0.3) is 0 Å². The van der Waals surface area contributed by atoms with Crippen LogP contribution in [0.25, 0.3) is 0 Å². The van der Waals surface area contributed by atoms with E-state index in [0.717, 1.165) is 37.7 Å². The largest absolute Gasteiger partial charge is 0.370 e. The summed E-state index contributed by atoms with van der Waals surface area (Å²) in [6.45, 7) is 6.70. The standard InChI is InChI=1S/C19H28O2/c1-5-15-6-8-16(9-7-15)14-17(20)19(21-4)12-10-18(2,3)11-13-19/h6-9H,5,10-14H2,1-4H3. The predicted octanol–water partition coefficient (Wildman–Crippen LogP) is 4.35. The van der Waals surface area contributed by atoms with Crippen molar-refractivity contribution in [1.82, 2.24) is 0 Å². The molecule has 0 atom stereocenters. The van der Waals surface area contributed by atoms with Gasteiger partial charge in [0.2, 0.25) is 0 Å². The van der Waals surface area contributed by atoms with Crippen LogP contribution in [-0.4, -0.2) is 18.5 Å². The molecule has 2 nitrogen and oxygen atoms in total. The van der Waals surface area contributed by atoms with E-state index >= 15 is 0 Å². The van der Waals surface area contributed by atoms with Gasteiger partial charge in [-0.3, -0.25) is 4.79 Å². The van der Waals surface area contributed by atoms with Gasteiger partial charge in [0, 0.05) is 13.5 Å². The zero-order valence-corrected chi connectivity index (χ0v) is 13.9. The lowest BCUT2D eigenvalue weighted by atomic mass is 9.69. The van der Waals surface area contributed by atoms with Crippen LogP contribution in [-0.2, 0) is 22.4 Å². The summed E-state index contributed by atoms with van der Waals surface area (Å²) in [7, 11) is 1.69. The summed E-state index contributed by atoms with van der Waals surface area (Å²) in [5.41, 5.74) is 2.19. The number of ether oxygens (including phenoxy) is 1. The van der Waals surface area contributed by atoms with Gasteiger partial charge in [-0.05, 0) is 48.6 Å². The van der Waals surface area contributed by atoms with E-state index < -0.39 is 5.60 Å². The summed E-state index contributed by atoms with van der Waals surface area (Å²) in [6, 6.07) is 8.39. The molecule has 0 amide bonds. The second-order valence-electron chi connectivity index (χ2n) is 7.13. The van der Waals surface area contributed by atoms with Crippen LogP contribution < -0.4 is 0 Å². The van der Waals surface area contributed by atoms with Crippen LogP contribution in [0, 0.1) is 5.41 Å². The minimum Gasteiger partial charge on any atom is -0.370 e. The summed E-state index contributed by atoms with van der Waals surface area (Å²) in [6.07, 6.45) is 5.33. The number of ketones is 1. The van der Waals surface area contributed by atoms with E-state index in [-0.39, 0.29) is 5.78 Å². The molecule has 1 aliphatic carbocycles. The molecular formula is C19H28O2. The van der Waals surface area contributed by atoms with Crippen molar-refractivity contribution >= 4 is 5.78 Å². The predicted molar refractivity (Wildman–Crippen MR) is 86.5 cm³/mol. The van der Waals surface area contributed by atoms with E-state index in [1.54, 1.807) is 7.11 Å².